The maximum Gasteiger partial charge on any atom is 0.409 e. The van der Waals surface area contributed by atoms with Crippen molar-refractivity contribution in [3.05, 3.63) is 18.2 Å². The van der Waals surface area contributed by atoms with Crippen molar-refractivity contribution in [2.75, 3.05) is 44.9 Å². The fourth-order valence-electron chi connectivity index (χ4n) is 3.53. The van der Waals surface area contributed by atoms with Gasteiger partial charge in [0.15, 0.2) is 11.5 Å². The molecule has 1 saturated heterocycles. The molecule has 4 rings (SSSR count). The molecule has 2 unspecified atom stereocenters. The van der Waals surface area contributed by atoms with Crippen LogP contribution in [0, 0.1) is 11.8 Å². The highest BCUT2D eigenvalue weighted by atomic mass is 16.7. The Balaban J connectivity index is 1.26. The number of carbonyl (C=O) groups excluding carboxylic acids is 3. The molecule has 150 valence electrons. The number of ether oxygens (including phenoxy) is 3. The Labute approximate surface area is 162 Å². The van der Waals surface area contributed by atoms with Gasteiger partial charge in [-0.05, 0) is 25.5 Å². The lowest BCUT2D eigenvalue weighted by Gasteiger charge is -2.34. The summed E-state index contributed by atoms with van der Waals surface area (Å²) in [6.07, 6.45) is 0.204. The van der Waals surface area contributed by atoms with Crippen LogP contribution in [0.5, 0.6) is 11.5 Å². The second-order valence-corrected chi connectivity index (χ2v) is 7.02. The van der Waals surface area contributed by atoms with Gasteiger partial charge < -0.3 is 29.3 Å². The molecule has 0 aromatic heterocycles. The number of anilines is 1. The SMILES string of the molecule is CCOC(=O)N1CCN(C(=O)C2CC2C(=O)Nc2ccc3c(c2)OCO3)CC1. The third kappa shape index (κ3) is 3.69. The number of nitrogens with one attached hydrogen (secondary N) is 1. The summed E-state index contributed by atoms with van der Waals surface area (Å²) in [6, 6.07) is 5.21. The lowest BCUT2D eigenvalue weighted by atomic mass is 10.2. The van der Waals surface area contributed by atoms with Crippen LogP contribution in [0.25, 0.3) is 0 Å². The van der Waals surface area contributed by atoms with E-state index in [4.69, 9.17) is 14.2 Å². The van der Waals surface area contributed by atoms with Gasteiger partial charge in [0.05, 0.1) is 18.4 Å². The maximum absolute atomic E-state index is 12.7. The van der Waals surface area contributed by atoms with E-state index < -0.39 is 0 Å². The predicted octanol–water partition coefficient (Wildman–Crippen LogP) is 1.29. The third-order valence-electron chi connectivity index (χ3n) is 5.20. The van der Waals surface area contributed by atoms with Crippen LogP contribution in [-0.2, 0) is 14.3 Å². The highest BCUT2D eigenvalue weighted by molar-refractivity contribution is 5.99. The highest BCUT2D eigenvalue weighted by Gasteiger charge is 2.49. The summed E-state index contributed by atoms with van der Waals surface area (Å²) >= 11 is 0. The normalized spacial score (nSPS) is 22.6. The van der Waals surface area contributed by atoms with Crippen LogP contribution in [0.1, 0.15) is 13.3 Å². The van der Waals surface area contributed by atoms with E-state index in [0.29, 0.717) is 56.4 Å². The van der Waals surface area contributed by atoms with E-state index in [1.54, 1.807) is 34.9 Å². The number of fused-ring (bicyclic) bond motifs is 1. The van der Waals surface area contributed by atoms with Crippen LogP contribution in [0.3, 0.4) is 0 Å². The van der Waals surface area contributed by atoms with Crippen LogP contribution in [0.4, 0.5) is 10.5 Å². The first-order valence-electron chi connectivity index (χ1n) is 9.48. The van der Waals surface area contributed by atoms with Gasteiger partial charge in [-0.3, -0.25) is 9.59 Å². The summed E-state index contributed by atoms with van der Waals surface area (Å²) in [5, 5.41) is 2.84. The summed E-state index contributed by atoms with van der Waals surface area (Å²) in [5.74, 6) is 0.459. The standard InChI is InChI=1S/C19H23N3O6/c1-2-26-19(25)22-7-5-21(6-8-22)18(24)14-10-13(14)17(23)20-12-3-4-15-16(9-12)28-11-27-15/h3-4,9,13-14H,2,5-8,10-11H2,1H3,(H,20,23). The average molecular weight is 389 g/mol. The van der Waals surface area contributed by atoms with Gasteiger partial charge in [0, 0.05) is 37.9 Å². The lowest BCUT2D eigenvalue weighted by Crippen LogP contribution is -2.51. The topological polar surface area (TPSA) is 97.4 Å². The number of piperazine rings is 1. The highest BCUT2D eigenvalue weighted by Crippen LogP contribution is 2.41. The first-order chi connectivity index (χ1) is 13.6. The molecular weight excluding hydrogens is 366 g/mol. The predicted molar refractivity (Wildman–Crippen MR) is 98.0 cm³/mol. The van der Waals surface area contributed by atoms with Crippen molar-refractivity contribution in [1.29, 1.82) is 0 Å². The molecule has 3 amide bonds. The zero-order valence-corrected chi connectivity index (χ0v) is 15.7. The van der Waals surface area contributed by atoms with Crippen LogP contribution in [0.2, 0.25) is 0 Å². The summed E-state index contributed by atoms with van der Waals surface area (Å²) in [7, 11) is 0. The van der Waals surface area contributed by atoms with Crippen molar-refractivity contribution in [2.45, 2.75) is 13.3 Å². The lowest BCUT2D eigenvalue weighted by molar-refractivity contribution is -0.135. The Morgan fingerprint density at radius 1 is 1.07 bits per heavy atom. The molecule has 9 nitrogen and oxygen atoms in total. The third-order valence-corrected chi connectivity index (χ3v) is 5.20. The number of carbonyl (C=O) groups is 3. The second-order valence-electron chi connectivity index (χ2n) is 7.02. The van der Waals surface area contributed by atoms with Crippen molar-refractivity contribution < 1.29 is 28.6 Å². The molecule has 28 heavy (non-hydrogen) atoms. The molecule has 2 fully saturated rings. The van der Waals surface area contributed by atoms with Crippen molar-refractivity contribution in [3.63, 3.8) is 0 Å². The Hall–Kier alpha value is -2.97. The van der Waals surface area contributed by atoms with Crippen LogP contribution in [0.15, 0.2) is 18.2 Å². The smallest absolute Gasteiger partial charge is 0.409 e. The van der Waals surface area contributed by atoms with E-state index in [0.717, 1.165) is 0 Å². The van der Waals surface area contributed by atoms with Crippen molar-refractivity contribution in [1.82, 2.24) is 9.80 Å². The fourth-order valence-corrected chi connectivity index (χ4v) is 3.53. The molecule has 0 bridgehead atoms. The fraction of sp³-hybridized carbons (Fsp3) is 0.526. The van der Waals surface area contributed by atoms with E-state index in [-0.39, 0.29) is 36.5 Å². The quantitative estimate of drug-likeness (QED) is 0.834. The van der Waals surface area contributed by atoms with Gasteiger partial charge in [0.2, 0.25) is 18.6 Å². The molecule has 2 atom stereocenters. The number of benzene rings is 1. The molecule has 1 N–H and O–H groups in total. The first kappa shape index (κ1) is 18.4. The Bertz CT molecular complexity index is 790. The number of amides is 3. The Morgan fingerprint density at radius 3 is 2.54 bits per heavy atom. The molecule has 9 heteroatoms. The van der Waals surface area contributed by atoms with Gasteiger partial charge in [0.25, 0.3) is 0 Å². The van der Waals surface area contributed by atoms with Gasteiger partial charge in [0.1, 0.15) is 0 Å². The molecule has 1 aromatic rings. The Kier molecular flexibility index (Phi) is 4.97. The van der Waals surface area contributed by atoms with Crippen LogP contribution >= 0.6 is 0 Å². The summed E-state index contributed by atoms with van der Waals surface area (Å²) < 4.78 is 15.5. The maximum atomic E-state index is 12.7. The average Bonchev–Trinajstić information content (AvgIpc) is 3.38. The largest absolute Gasteiger partial charge is 0.454 e. The minimum Gasteiger partial charge on any atom is -0.454 e. The summed E-state index contributed by atoms with van der Waals surface area (Å²) in [6.45, 7) is 4.10. The summed E-state index contributed by atoms with van der Waals surface area (Å²) in [4.78, 5) is 40.2. The minimum atomic E-state index is -0.345. The molecule has 1 aliphatic carbocycles. The number of nitrogens with zero attached hydrogens (tertiary/aromatic N) is 2. The molecule has 1 saturated carbocycles. The molecule has 0 radical (unpaired) electrons. The molecule has 1 aromatic carbocycles. The number of hydrogen-bond donors (Lipinski definition) is 1. The zero-order valence-electron chi connectivity index (χ0n) is 15.7. The van der Waals surface area contributed by atoms with E-state index in [2.05, 4.69) is 5.32 Å². The number of rotatable bonds is 4. The molecule has 3 aliphatic rings. The van der Waals surface area contributed by atoms with Crippen molar-refractivity contribution >= 4 is 23.6 Å². The van der Waals surface area contributed by atoms with Crippen LogP contribution in [-0.4, -0.2) is 67.3 Å². The van der Waals surface area contributed by atoms with Gasteiger partial charge in [-0.25, -0.2) is 4.79 Å². The molecule has 2 aliphatic heterocycles. The van der Waals surface area contributed by atoms with Crippen LogP contribution < -0.4 is 14.8 Å². The molecule has 0 spiro atoms. The molecular formula is C19H23N3O6. The van der Waals surface area contributed by atoms with E-state index in [1.807, 2.05) is 0 Å². The van der Waals surface area contributed by atoms with Gasteiger partial charge >= 0.3 is 6.09 Å². The van der Waals surface area contributed by atoms with Gasteiger partial charge in [-0.2, -0.15) is 0 Å². The van der Waals surface area contributed by atoms with E-state index >= 15 is 0 Å². The minimum absolute atomic E-state index is 0.0191. The monoisotopic (exact) mass is 389 g/mol. The van der Waals surface area contributed by atoms with Gasteiger partial charge in [-0.15, -0.1) is 0 Å². The number of hydrogen-bond acceptors (Lipinski definition) is 6. The van der Waals surface area contributed by atoms with E-state index in [1.165, 1.54) is 0 Å². The van der Waals surface area contributed by atoms with Gasteiger partial charge in [-0.1, -0.05) is 0 Å². The van der Waals surface area contributed by atoms with Crippen molar-refractivity contribution in [3.8, 4) is 11.5 Å². The van der Waals surface area contributed by atoms with Crippen molar-refractivity contribution in [2.24, 2.45) is 11.8 Å². The van der Waals surface area contributed by atoms with E-state index in [9.17, 15) is 14.4 Å². The summed E-state index contributed by atoms with van der Waals surface area (Å²) in [5.41, 5.74) is 0.621. The molecule has 2 heterocycles. The second kappa shape index (κ2) is 7.57. The Morgan fingerprint density at radius 2 is 1.79 bits per heavy atom. The zero-order chi connectivity index (χ0) is 19.7. The first-order valence-corrected chi connectivity index (χ1v) is 9.48.